The summed E-state index contributed by atoms with van der Waals surface area (Å²) in [6.07, 6.45) is 8.18. The maximum atomic E-state index is 13.8. The number of carbonyl (C=O) groups is 1. The second-order valence-electron chi connectivity index (χ2n) is 8.94. The van der Waals surface area contributed by atoms with E-state index in [1.165, 1.54) is 11.6 Å². The van der Waals surface area contributed by atoms with Crippen molar-refractivity contribution in [2.24, 2.45) is 11.3 Å². The van der Waals surface area contributed by atoms with Gasteiger partial charge in [-0.3, -0.25) is 9.78 Å². The number of rotatable bonds is 3. The van der Waals surface area contributed by atoms with Gasteiger partial charge in [0.25, 0.3) is 0 Å². The van der Waals surface area contributed by atoms with E-state index in [9.17, 15) is 9.18 Å². The summed E-state index contributed by atoms with van der Waals surface area (Å²) in [5.74, 6) is 0.427. The standard InChI is InChI=1S/C25H24ClFN2O/c26-18-1-4-20(5-2-18)29-24(30)17-14-25(15-17)10-7-16(8-11-25)21-9-12-28-23-6-3-19(27)13-22(21)23/h1-6,9,12-13,16-17H,7-8,10-11,14-15H2,(H,29,30). The molecule has 0 bridgehead atoms. The SMILES string of the molecule is O=C(Nc1ccc(Cl)cc1)C1CC2(CCC(c3ccnc4ccc(F)cc34)CC2)C1. The molecule has 2 aliphatic rings. The normalized spacial score (nSPS) is 25.8. The third-order valence-corrected chi connectivity index (χ3v) is 7.32. The van der Waals surface area contributed by atoms with Crippen molar-refractivity contribution in [2.45, 2.75) is 44.4 Å². The molecule has 0 atom stereocenters. The molecule has 1 amide bonds. The summed E-state index contributed by atoms with van der Waals surface area (Å²) in [4.78, 5) is 17.0. The quantitative estimate of drug-likeness (QED) is 0.509. The van der Waals surface area contributed by atoms with Crippen LogP contribution in [0.25, 0.3) is 10.9 Å². The van der Waals surface area contributed by atoms with Gasteiger partial charge in [0.05, 0.1) is 5.52 Å². The second kappa shape index (κ2) is 7.66. The van der Waals surface area contributed by atoms with Crippen molar-refractivity contribution in [1.29, 1.82) is 0 Å². The fourth-order valence-electron chi connectivity index (χ4n) is 5.39. The third kappa shape index (κ3) is 3.69. The second-order valence-corrected chi connectivity index (χ2v) is 9.37. The van der Waals surface area contributed by atoms with Crippen LogP contribution < -0.4 is 5.32 Å². The smallest absolute Gasteiger partial charge is 0.227 e. The van der Waals surface area contributed by atoms with Crippen LogP contribution in [-0.2, 0) is 4.79 Å². The Morgan fingerprint density at radius 3 is 2.53 bits per heavy atom. The lowest BCUT2D eigenvalue weighted by atomic mass is 9.54. The number of benzene rings is 2. The number of fused-ring (bicyclic) bond motifs is 1. The lowest BCUT2D eigenvalue weighted by molar-refractivity contribution is -0.128. The molecule has 5 rings (SSSR count). The van der Waals surface area contributed by atoms with E-state index < -0.39 is 0 Å². The lowest BCUT2D eigenvalue weighted by Gasteiger charge is -2.51. The largest absolute Gasteiger partial charge is 0.326 e. The molecule has 1 heterocycles. The Morgan fingerprint density at radius 2 is 1.80 bits per heavy atom. The molecule has 2 fully saturated rings. The monoisotopic (exact) mass is 422 g/mol. The van der Waals surface area contributed by atoms with Gasteiger partial charge in [-0.15, -0.1) is 0 Å². The Morgan fingerprint density at radius 1 is 1.07 bits per heavy atom. The first-order chi connectivity index (χ1) is 14.5. The molecule has 30 heavy (non-hydrogen) atoms. The maximum absolute atomic E-state index is 13.8. The molecule has 1 N–H and O–H groups in total. The highest BCUT2D eigenvalue weighted by Crippen LogP contribution is 2.57. The van der Waals surface area contributed by atoms with Gasteiger partial charge in [0.2, 0.25) is 5.91 Å². The van der Waals surface area contributed by atoms with Crippen molar-refractivity contribution in [3.8, 4) is 0 Å². The summed E-state index contributed by atoms with van der Waals surface area (Å²) in [6, 6.07) is 14.1. The summed E-state index contributed by atoms with van der Waals surface area (Å²) in [5.41, 5.74) is 3.17. The molecule has 5 heteroatoms. The van der Waals surface area contributed by atoms with Crippen molar-refractivity contribution in [3.05, 3.63) is 71.1 Å². The van der Waals surface area contributed by atoms with E-state index in [-0.39, 0.29) is 17.6 Å². The first-order valence-corrected chi connectivity index (χ1v) is 11.0. The maximum Gasteiger partial charge on any atom is 0.227 e. The number of amides is 1. The van der Waals surface area contributed by atoms with Gasteiger partial charge >= 0.3 is 0 Å². The number of anilines is 1. The summed E-state index contributed by atoms with van der Waals surface area (Å²) in [5, 5.41) is 4.61. The fraction of sp³-hybridized carbons (Fsp3) is 0.360. The van der Waals surface area contributed by atoms with Gasteiger partial charge in [-0.25, -0.2) is 4.39 Å². The summed E-state index contributed by atoms with van der Waals surface area (Å²) in [6.45, 7) is 0. The van der Waals surface area contributed by atoms with Crippen LogP contribution in [0.2, 0.25) is 5.02 Å². The zero-order valence-electron chi connectivity index (χ0n) is 16.7. The molecular formula is C25H24ClFN2O. The molecule has 0 radical (unpaired) electrons. The third-order valence-electron chi connectivity index (χ3n) is 7.06. The Bertz CT molecular complexity index is 1080. The van der Waals surface area contributed by atoms with Gasteiger partial charge in [-0.2, -0.15) is 0 Å². The lowest BCUT2D eigenvalue weighted by Crippen LogP contribution is -2.45. The molecule has 3 aromatic rings. The predicted molar refractivity (Wildman–Crippen MR) is 118 cm³/mol. The number of pyridine rings is 1. The molecular weight excluding hydrogens is 399 g/mol. The number of nitrogens with zero attached hydrogens (tertiary/aromatic N) is 1. The summed E-state index contributed by atoms with van der Waals surface area (Å²) >= 11 is 5.91. The minimum atomic E-state index is -0.211. The van der Waals surface area contributed by atoms with E-state index in [0.29, 0.717) is 16.4 Å². The number of aromatic nitrogens is 1. The first-order valence-electron chi connectivity index (χ1n) is 10.6. The highest BCUT2D eigenvalue weighted by Gasteiger charge is 2.48. The number of hydrogen-bond acceptors (Lipinski definition) is 2. The molecule has 1 aromatic heterocycles. The van der Waals surface area contributed by atoms with Crippen LogP contribution in [0.5, 0.6) is 0 Å². The van der Waals surface area contributed by atoms with Crippen LogP contribution >= 0.6 is 11.6 Å². The van der Waals surface area contributed by atoms with Crippen LogP contribution in [0, 0.1) is 17.2 Å². The minimum absolute atomic E-state index is 0.0908. The van der Waals surface area contributed by atoms with Crippen LogP contribution in [0.3, 0.4) is 0 Å². The zero-order chi connectivity index (χ0) is 20.7. The van der Waals surface area contributed by atoms with Gasteiger partial charge in [0.15, 0.2) is 0 Å². The van der Waals surface area contributed by atoms with Crippen molar-refractivity contribution in [2.75, 3.05) is 5.32 Å². The average molecular weight is 423 g/mol. The molecule has 0 unspecified atom stereocenters. The summed E-state index contributed by atoms with van der Waals surface area (Å²) in [7, 11) is 0. The van der Waals surface area contributed by atoms with Crippen molar-refractivity contribution < 1.29 is 9.18 Å². The molecule has 154 valence electrons. The number of carbonyl (C=O) groups excluding carboxylic acids is 1. The Hall–Kier alpha value is -2.46. The van der Waals surface area contributed by atoms with Crippen molar-refractivity contribution in [3.63, 3.8) is 0 Å². The Balaban J connectivity index is 1.21. The molecule has 2 aliphatic carbocycles. The van der Waals surface area contributed by atoms with E-state index in [4.69, 9.17) is 11.6 Å². The topological polar surface area (TPSA) is 42.0 Å². The molecule has 1 spiro atoms. The highest BCUT2D eigenvalue weighted by atomic mass is 35.5. The predicted octanol–water partition coefficient (Wildman–Crippen LogP) is 6.72. The highest BCUT2D eigenvalue weighted by molar-refractivity contribution is 6.30. The van der Waals surface area contributed by atoms with Crippen LogP contribution in [0.15, 0.2) is 54.7 Å². The van der Waals surface area contributed by atoms with Crippen molar-refractivity contribution >= 4 is 34.1 Å². The van der Waals surface area contributed by atoms with Gasteiger partial charge in [-0.1, -0.05) is 11.6 Å². The minimum Gasteiger partial charge on any atom is -0.326 e. The fourth-order valence-corrected chi connectivity index (χ4v) is 5.52. The van der Waals surface area contributed by atoms with E-state index in [0.717, 1.165) is 55.1 Å². The molecule has 2 aromatic carbocycles. The van der Waals surface area contributed by atoms with Gasteiger partial charge in [0.1, 0.15) is 5.82 Å². The van der Waals surface area contributed by atoms with Gasteiger partial charge < -0.3 is 5.32 Å². The Labute approximate surface area is 180 Å². The molecule has 3 nitrogen and oxygen atoms in total. The molecule has 2 saturated carbocycles. The van der Waals surface area contributed by atoms with E-state index in [2.05, 4.69) is 10.3 Å². The zero-order valence-corrected chi connectivity index (χ0v) is 17.5. The van der Waals surface area contributed by atoms with Crippen LogP contribution in [-0.4, -0.2) is 10.9 Å². The van der Waals surface area contributed by atoms with Gasteiger partial charge in [-0.05, 0) is 104 Å². The van der Waals surface area contributed by atoms with Crippen LogP contribution in [0.4, 0.5) is 10.1 Å². The summed E-state index contributed by atoms with van der Waals surface area (Å²) < 4.78 is 13.8. The first kappa shape index (κ1) is 19.5. The number of nitrogens with one attached hydrogen (secondary N) is 1. The van der Waals surface area contributed by atoms with Gasteiger partial charge in [0, 0.05) is 28.2 Å². The average Bonchev–Trinajstić information content (AvgIpc) is 2.73. The van der Waals surface area contributed by atoms with E-state index in [1.807, 2.05) is 24.4 Å². The Kier molecular flexibility index (Phi) is 4.98. The van der Waals surface area contributed by atoms with E-state index in [1.54, 1.807) is 24.3 Å². The van der Waals surface area contributed by atoms with Crippen LogP contribution in [0.1, 0.15) is 50.0 Å². The van der Waals surface area contributed by atoms with Crippen molar-refractivity contribution in [1.82, 2.24) is 4.98 Å². The van der Waals surface area contributed by atoms with E-state index >= 15 is 0 Å². The molecule has 0 saturated heterocycles. The molecule has 0 aliphatic heterocycles. The number of halogens is 2. The number of hydrogen-bond donors (Lipinski definition) is 1.